The molecule has 3 aromatic rings. The molecule has 0 unspecified atom stereocenters. The van der Waals surface area contributed by atoms with Crippen LogP contribution in [0.5, 0.6) is 0 Å². The van der Waals surface area contributed by atoms with E-state index in [1.54, 1.807) is 12.3 Å². The zero-order valence-corrected chi connectivity index (χ0v) is 12.8. The molecular weight excluding hydrogens is 322 g/mol. The molecule has 0 saturated carbocycles. The van der Waals surface area contributed by atoms with Crippen LogP contribution >= 0.6 is 0 Å². The predicted molar refractivity (Wildman–Crippen MR) is 83.9 cm³/mol. The summed E-state index contributed by atoms with van der Waals surface area (Å²) in [6.07, 6.45) is 1.59. The smallest absolute Gasteiger partial charge is 0.318 e. The van der Waals surface area contributed by atoms with E-state index in [0.29, 0.717) is 21.8 Å². The van der Waals surface area contributed by atoms with Crippen molar-refractivity contribution in [2.24, 2.45) is 0 Å². The van der Waals surface area contributed by atoms with Gasteiger partial charge in [-0.15, -0.1) is 0 Å². The summed E-state index contributed by atoms with van der Waals surface area (Å²) < 4.78 is 25.6. The molecule has 0 aliphatic carbocycles. The molecule has 0 spiro atoms. The van der Waals surface area contributed by atoms with Crippen LogP contribution in [0.2, 0.25) is 0 Å². The van der Waals surface area contributed by atoms with E-state index in [1.165, 1.54) is 25.2 Å². The Kier molecular flexibility index (Phi) is 3.46. The Morgan fingerprint density at radius 1 is 1.26 bits per heavy atom. The van der Waals surface area contributed by atoms with Crippen molar-refractivity contribution in [3.05, 3.63) is 40.8 Å². The van der Waals surface area contributed by atoms with Crippen LogP contribution in [0.4, 0.5) is 0 Å². The van der Waals surface area contributed by atoms with Gasteiger partial charge < -0.3 is 15.1 Å². The number of likely N-dealkylation sites (N-methyl/N-ethyl adjacent to an activating group) is 1. The molecule has 0 radical (unpaired) electrons. The van der Waals surface area contributed by atoms with Crippen molar-refractivity contribution in [1.82, 2.24) is 14.3 Å². The summed E-state index contributed by atoms with van der Waals surface area (Å²) in [4.78, 5) is 28.1. The number of rotatable bonds is 4. The number of hydrogen-bond donors (Lipinski definition) is 3. The second kappa shape index (κ2) is 5.21. The number of carbonyl (C=O) groups is 1. The lowest BCUT2D eigenvalue weighted by Crippen LogP contribution is -2.32. The highest BCUT2D eigenvalue weighted by Gasteiger charge is 2.23. The zero-order valence-electron chi connectivity index (χ0n) is 12.0. The largest absolute Gasteiger partial charge is 0.480 e. The van der Waals surface area contributed by atoms with Gasteiger partial charge in [-0.3, -0.25) is 9.59 Å². The van der Waals surface area contributed by atoms with Crippen LogP contribution in [0, 0.1) is 0 Å². The Hall–Kier alpha value is -2.65. The second-order valence-electron chi connectivity index (χ2n) is 5.08. The van der Waals surface area contributed by atoms with Crippen molar-refractivity contribution in [2.45, 2.75) is 4.90 Å². The van der Waals surface area contributed by atoms with E-state index in [-0.39, 0.29) is 10.5 Å². The van der Waals surface area contributed by atoms with Crippen molar-refractivity contribution in [3.63, 3.8) is 0 Å². The van der Waals surface area contributed by atoms with Gasteiger partial charge in [0.15, 0.2) is 0 Å². The minimum Gasteiger partial charge on any atom is -0.480 e. The summed E-state index contributed by atoms with van der Waals surface area (Å²) in [7, 11) is -2.74. The molecule has 0 amide bonds. The van der Waals surface area contributed by atoms with Crippen molar-refractivity contribution in [3.8, 4) is 0 Å². The monoisotopic (exact) mass is 335 g/mol. The number of hydrogen-bond acceptors (Lipinski definition) is 4. The van der Waals surface area contributed by atoms with E-state index in [0.717, 1.165) is 4.31 Å². The van der Waals surface area contributed by atoms with Gasteiger partial charge in [0, 0.05) is 29.5 Å². The maximum absolute atomic E-state index is 12.4. The number of benzene rings is 1. The van der Waals surface area contributed by atoms with E-state index in [4.69, 9.17) is 5.11 Å². The molecule has 120 valence electrons. The number of aliphatic carboxylic acids is 1. The van der Waals surface area contributed by atoms with Crippen molar-refractivity contribution in [2.75, 3.05) is 13.6 Å². The fraction of sp³-hybridized carbons (Fsp3) is 0.143. The highest BCUT2D eigenvalue weighted by atomic mass is 32.2. The first-order chi connectivity index (χ1) is 10.8. The molecule has 8 nitrogen and oxygen atoms in total. The maximum Gasteiger partial charge on any atom is 0.318 e. The van der Waals surface area contributed by atoms with Gasteiger partial charge in [-0.25, -0.2) is 8.42 Å². The van der Waals surface area contributed by atoms with Crippen LogP contribution in [-0.2, 0) is 14.8 Å². The van der Waals surface area contributed by atoms with Gasteiger partial charge in [-0.05, 0) is 24.3 Å². The first-order valence-electron chi connectivity index (χ1n) is 6.62. The molecule has 3 N–H and O–H groups in total. The molecule has 9 heteroatoms. The summed E-state index contributed by atoms with van der Waals surface area (Å²) in [6.45, 7) is -0.633. The standard InChI is InChI=1S/C14H13N3O5S/c1-17(7-12(18)19)23(21,22)8-2-3-11-10(6-8)9-4-5-15-13(9)14(20)16-11/h2-6,15H,7H2,1H3,(H,16,20)(H,18,19). The number of nitrogens with zero attached hydrogens (tertiary/aromatic N) is 1. The van der Waals surface area contributed by atoms with Crippen LogP contribution < -0.4 is 5.56 Å². The number of pyridine rings is 1. The zero-order chi connectivity index (χ0) is 16.8. The molecule has 0 aliphatic rings. The highest BCUT2D eigenvalue weighted by molar-refractivity contribution is 7.89. The van der Waals surface area contributed by atoms with Crippen molar-refractivity contribution in [1.29, 1.82) is 0 Å². The van der Waals surface area contributed by atoms with Crippen LogP contribution in [0.15, 0.2) is 40.2 Å². The first kappa shape index (κ1) is 15.3. The number of aromatic nitrogens is 2. The van der Waals surface area contributed by atoms with Crippen molar-refractivity contribution < 1.29 is 18.3 Å². The Labute approximate surface area is 130 Å². The third kappa shape index (κ3) is 2.49. The molecule has 2 heterocycles. The Balaban J connectivity index is 2.22. The SMILES string of the molecule is CN(CC(=O)O)S(=O)(=O)c1ccc2[nH]c(=O)c3[nH]ccc3c2c1. The van der Waals surface area contributed by atoms with E-state index >= 15 is 0 Å². The van der Waals surface area contributed by atoms with Gasteiger partial charge in [0.2, 0.25) is 10.0 Å². The molecule has 0 aliphatic heterocycles. The average molecular weight is 335 g/mol. The Morgan fingerprint density at radius 2 is 2.00 bits per heavy atom. The van der Waals surface area contributed by atoms with Gasteiger partial charge in [0.05, 0.1) is 4.90 Å². The number of sulfonamides is 1. The Morgan fingerprint density at radius 3 is 2.70 bits per heavy atom. The second-order valence-corrected chi connectivity index (χ2v) is 7.13. The third-order valence-electron chi connectivity index (χ3n) is 3.57. The van der Waals surface area contributed by atoms with Crippen LogP contribution in [0.3, 0.4) is 0 Å². The summed E-state index contributed by atoms with van der Waals surface area (Å²) in [5, 5.41) is 9.92. The van der Waals surface area contributed by atoms with Crippen LogP contribution in [0.25, 0.3) is 21.8 Å². The molecule has 3 rings (SSSR count). The molecule has 2 aromatic heterocycles. The molecule has 0 fully saturated rings. The third-order valence-corrected chi connectivity index (χ3v) is 5.37. The molecule has 0 saturated heterocycles. The van der Waals surface area contributed by atoms with E-state index in [2.05, 4.69) is 9.97 Å². The fourth-order valence-electron chi connectivity index (χ4n) is 2.44. The summed E-state index contributed by atoms with van der Waals surface area (Å²) in [5.41, 5.74) is 0.559. The lowest BCUT2D eigenvalue weighted by molar-refractivity contribution is -0.137. The first-order valence-corrected chi connectivity index (χ1v) is 8.06. The quantitative estimate of drug-likeness (QED) is 0.648. The Bertz CT molecular complexity index is 1080. The fourth-order valence-corrected chi connectivity index (χ4v) is 3.58. The number of H-pyrrole nitrogens is 2. The minimum atomic E-state index is -3.94. The highest BCUT2D eigenvalue weighted by Crippen LogP contribution is 2.24. The topological polar surface area (TPSA) is 123 Å². The van der Waals surface area contributed by atoms with Gasteiger partial charge in [0.25, 0.3) is 5.56 Å². The molecule has 1 aromatic carbocycles. The lowest BCUT2D eigenvalue weighted by atomic mass is 10.1. The summed E-state index contributed by atoms with van der Waals surface area (Å²) in [5.74, 6) is -1.24. The maximum atomic E-state index is 12.4. The van der Waals surface area contributed by atoms with Crippen LogP contribution in [0.1, 0.15) is 0 Å². The number of aromatic amines is 2. The lowest BCUT2D eigenvalue weighted by Gasteiger charge is -2.15. The predicted octanol–water partition coefficient (Wildman–Crippen LogP) is 0.714. The molecule has 23 heavy (non-hydrogen) atoms. The van der Waals surface area contributed by atoms with Crippen molar-refractivity contribution >= 4 is 37.8 Å². The van der Waals surface area contributed by atoms with E-state index in [1.807, 2.05) is 0 Å². The number of carboxylic acid groups (broad SMARTS) is 1. The van der Waals surface area contributed by atoms with E-state index in [9.17, 15) is 18.0 Å². The van der Waals surface area contributed by atoms with Crippen LogP contribution in [-0.4, -0.2) is 47.4 Å². The average Bonchev–Trinajstić information content (AvgIpc) is 2.96. The summed E-state index contributed by atoms with van der Waals surface area (Å²) >= 11 is 0. The number of nitrogens with one attached hydrogen (secondary N) is 2. The number of carboxylic acids is 1. The van der Waals surface area contributed by atoms with Gasteiger partial charge in [-0.2, -0.15) is 4.31 Å². The number of fused-ring (bicyclic) bond motifs is 3. The van der Waals surface area contributed by atoms with E-state index < -0.39 is 22.5 Å². The van der Waals surface area contributed by atoms with Gasteiger partial charge in [0.1, 0.15) is 12.1 Å². The van der Waals surface area contributed by atoms with Gasteiger partial charge in [-0.1, -0.05) is 0 Å². The normalized spacial score (nSPS) is 12.3. The molecule has 0 atom stereocenters. The van der Waals surface area contributed by atoms with Gasteiger partial charge >= 0.3 is 5.97 Å². The molecular formula is C14H13N3O5S. The molecule has 0 bridgehead atoms. The summed E-state index contributed by atoms with van der Waals surface area (Å²) in [6, 6.07) is 5.94. The minimum absolute atomic E-state index is 0.0386.